The van der Waals surface area contributed by atoms with Gasteiger partial charge in [-0.05, 0) is 37.2 Å². The largest absolute Gasteiger partial charge is 0.494 e. The van der Waals surface area contributed by atoms with E-state index < -0.39 is 0 Å². The van der Waals surface area contributed by atoms with Crippen molar-refractivity contribution in [3.63, 3.8) is 0 Å². The molecule has 1 unspecified atom stereocenters. The molecule has 20 heavy (non-hydrogen) atoms. The van der Waals surface area contributed by atoms with Gasteiger partial charge in [-0.2, -0.15) is 0 Å². The molecule has 0 aliphatic rings. The minimum Gasteiger partial charge on any atom is -0.494 e. The Morgan fingerprint density at radius 2 is 2.15 bits per heavy atom. The Balaban J connectivity index is 2.38. The van der Waals surface area contributed by atoms with Crippen LogP contribution in [-0.2, 0) is 0 Å². The van der Waals surface area contributed by atoms with E-state index >= 15 is 0 Å². The van der Waals surface area contributed by atoms with Crippen LogP contribution in [-0.4, -0.2) is 18.1 Å². The summed E-state index contributed by atoms with van der Waals surface area (Å²) < 4.78 is 19.5. The summed E-state index contributed by atoms with van der Waals surface area (Å²) in [6, 6.07) is 9.23. The fourth-order valence-corrected chi connectivity index (χ4v) is 2.18. The summed E-state index contributed by atoms with van der Waals surface area (Å²) in [5, 5.41) is 3.30. The van der Waals surface area contributed by atoms with Gasteiger partial charge >= 0.3 is 0 Å². The van der Waals surface area contributed by atoms with Gasteiger partial charge in [0, 0.05) is 11.8 Å². The molecular weight excluding hydrogens is 255 g/mol. The zero-order valence-electron chi connectivity index (χ0n) is 11.8. The normalized spacial score (nSPS) is 12.2. The molecule has 2 rings (SSSR count). The smallest absolute Gasteiger partial charge is 0.146 e. The maximum atomic E-state index is 14.0. The summed E-state index contributed by atoms with van der Waals surface area (Å²) in [4.78, 5) is 3.80. The summed E-state index contributed by atoms with van der Waals surface area (Å²) in [7, 11) is 0. The Labute approximate surface area is 118 Å². The number of nitrogens with one attached hydrogen (secondary N) is 1. The number of pyridine rings is 1. The molecule has 1 aromatic heterocycles. The fourth-order valence-electron chi connectivity index (χ4n) is 2.18. The topological polar surface area (TPSA) is 34.1 Å². The van der Waals surface area contributed by atoms with Crippen molar-refractivity contribution < 1.29 is 9.13 Å². The predicted molar refractivity (Wildman–Crippen MR) is 77.3 cm³/mol. The molecule has 0 amide bonds. The Kier molecular flexibility index (Phi) is 5.07. The minimum absolute atomic E-state index is 0.205. The van der Waals surface area contributed by atoms with E-state index in [4.69, 9.17) is 4.74 Å². The third-order valence-corrected chi connectivity index (χ3v) is 3.03. The number of halogens is 1. The van der Waals surface area contributed by atoms with Crippen molar-refractivity contribution >= 4 is 0 Å². The van der Waals surface area contributed by atoms with Gasteiger partial charge in [-0.1, -0.05) is 19.1 Å². The van der Waals surface area contributed by atoms with Crippen LogP contribution < -0.4 is 10.1 Å². The SMILES string of the molecule is CCNC(c1cccc(OCC)c1)c1ccncc1F. The van der Waals surface area contributed by atoms with E-state index in [0.717, 1.165) is 17.9 Å². The maximum Gasteiger partial charge on any atom is 0.146 e. The molecule has 3 nitrogen and oxygen atoms in total. The molecule has 2 aromatic rings. The molecule has 1 N–H and O–H groups in total. The molecule has 0 fully saturated rings. The summed E-state index contributed by atoms with van der Waals surface area (Å²) in [6.07, 6.45) is 2.85. The number of aromatic nitrogens is 1. The number of hydrogen-bond donors (Lipinski definition) is 1. The van der Waals surface area contributed by atoms with Crippen molar-refractivity contribution in [2.24, 2.45) is 0 Å². The number of nitrogens with zero attached hydrogens (tertiary/aromatic N) is 1. The summed E-state index contributed by atoms with van der Waals surface area (Å²) in [5.41, 5.74) is 1.57. The van der Waals surface area contributed by atoms with E-state index in [2.05, 4.69) is 10.3 Å². The molecule has 0 saturated carbocycles. The highest BCUT2D eigenvalue weighted by Gasteiger charge is 2.17. The van der Waals surface area contributed by atoms with Crippen LogP contribution in [0.4, 0.5) is 4.39 Å². The van der Waals surface area contributed by atoms with E-state index in [1.165, 1.54) is 6.20 Å². The number of hydrogen-bond acceptors (Lipinski definition) is 3. The molecule has 1 atom stereocenters. The van der Waals surface area contributed by atoms with Crippen molar-refractivity contribution in [3.05, 3.63) is 59.7 Å². The van der Waals surface area contributed by atoms with Gasteiger partial charge in [0.15, 0.2) is 0 Å². The first kappa shape index (κ1) is 14.5. The summed E-state index contributed by atoms with van der Waals surface area (Å²) in [6.45, 7) is 5.29. The first-order valence-electron chi connectivity index (χ1n) is 6.81. The lowest BCUT2D eigenvalue weighted by Crippen LogP contribution is -2.23. The van der Waals surface area contributed by atoms with Gasteiger partial charge in [-0.3, -0.25) is 4.98 Å². The quantitative estimate of drug-likeness (QED) is 0.877. The van der Waals surface area contributed by atoms with Crippen molar-refractivity contribution in [2.45, 2.75) is 19.9 Å². The number of rotatable bonds is 6. The van der Waals surface area contributed by atoms with Crippen molar-refractivity contribution in [1.82, 2.24) is 10.3 Å². The van der Waals surface area contributed by atoms with Gasteiger partial charge in [0.25, 0.3) is 0 Å². The molecule has 4 heteroatoms. The molecule has 1 heterocycles. The predicted octanol–water partition coefficient (Wildman–Crippen LogP) is 3.32. The van der Waals surface area contributed by atoms with Gasteiger partial charge in [-0.25, -0.2) is 4.39 Å². The first-order valence-corrected chi connectivity index (χ1v) is 6.81. The van der Waals surface area contributed by atoms with Gasteiger partial charge in [0.05, 0.1) is 18.8 Å². The van der Waals surface area contributed by atoms with Crippen LogP contribution in [0.1, 0.15) is 31.0 Å². The average molecular weight is 274 g/mol. The molecule has 0 aliphatic heterocycles. The lowest BCUT2D eigenvalue weighted by Gasteiger charge is -2.20. The van der Waals surface area contributed by atoms with Crippen LogP contribution in [0.5, 0.6) is 5.75 Å². The lowest BCUT2D eigenvalue weighted by molar-refractivity contribution is 0.339. The van der Waals surface area contributed by atoms with Crippen LogP contribution in [0, 0.1) is 5.82 Å². The Morgan fingerprint density at radius 1 is 1.30 bits per heavy atom. The highest BCUT2D eigenvalue weighted by Crippen LogP contribution is 2.26. The van der Waals surface area contributed by atoms with Crippen LogP contribution in [0.3, 0.4) is 0 Å². The average Bonchev–Trinajstić information content (AvgIpc) is 2.46. The Morgan fingerprint density at radius 3 is 2.85 bits per heavy atom. The van der Waals surface area contributed by atoms with E-state index in [0.29, 0.717) is 12.2 Å². The summed E-state index contributed by atoms with van der Waals surface area (Å²) in [5.74, 6) is 0.489. The highest BCUT2D eigenvalue weighted by atomic mass is 19.1. The third-order valence-electron chi connectivity index (χ3n) is 3.03. The maximum absolute atomic E-state index is 14.0. The van der Waals surface area contributed by atoms with Crippen molar-refractivity contribution in [1.29, 1.82) is 0 Å². The van der Waals surface area contributed by atoms with Gasteiger partial charge in [0.1, 0.15) is 11.6 Å². The molecule has 106 valence electrons. The van der Waals surface area contributed by atoms with Crippen LogP contribution in [0.25, 0.3) is 0 Å². The number of benzene rings is 1. The lowest BCUT2D eigenvalue weighted by atomic mass is 9.99. The van der Waals surface area contributed by atoms with E-state index in [9.17, 15) is 4.39 Å². The molecule has 0 spiro atoms. The molecule has 0 radical (unpaired) electrons. The fraction of sp³-hybridized carbons (Fsp3) is 0.312. The molecule has 0 aliphatic carbocycles. The second-order valence-corrected chi connectivity index (χ2v) is 4.39. The second-order valence-electron chi connectivity index (χ2n) is 4.39. The Bertz CT molecular complexity index is 560. The van der Waals surface area contributed by atoms with Crippen LogP contribution >= 0.6 is 0 Å². The molecule has 1 aromatic carbocycles. The van der Waals surface area contributed by atoms with Gasteiger partial charge < -0.3 is 10.1 Å². The van der Waals surface area contributed by atoms with Gasteiger partial charge in [-0.15, -0.1) is 0 Å². The highest BCUT2D eigenvalue weighted by molar-refractivity contribution is 5.36. The van der Waals surface area contributed by atoms with Crippen LogP contribution in [0.2, 0.25) is 0 Å². The molecule has 0 bridgehead atoms. The van der Waals surface area contributed by atoms with E-state index in [1.54, 1.807) is 12.3 Å². The number of ether oxygens (including phenoxy) is 1. The van der Waals surface area contributed by atoms with E-state index in [1.807, 2.05) is 38.1 Å². The van der Waals surface area contributed by atoms with Crippen molar-refractivity contribution in [2.75, 3.05) is 13.2 Å². The zero-order valence-corrected chi connectivity index (χ0v) is 11.8. The summed E-state index contributed by atoms with van der Waals surface area (Å²) >= 11 is 0. The third kappa shape index (κ3) is 3.33. The second kappa shape index (κ2) is 7.01. The minimum atomic E-state index is -0.305. The van der Waals surface area contributed by atoms with Crippen LogP contribution in [0.15, 0.2) is 42.7 Å². The first-order chi connectivity index (χ1) is 9.76. The zero-order chi connectivity index (χ0) is 14.4. The van der Waals surface area contributed by atoms with Gasteiger partial charge in [0.2, 0.25) is 0 Å². The van der Waals surface area contributed by atoms with E-state index in [-0.39, 0.29) is 11.9 Å². The van der Waals surface area contributed by atoms with Crippen molar-refractivity contribution in [3.8, 4) is 5.75 Å². The molecule has 0 saturated heterocycles. The monoisotopic (exact) mass is 274 g/mol. The standard InChI is InChI=1S/C16H19FN2O/c1-3-19-16(14-8-9-18-11-15(14)17)12-6-5-7-13(10-12)20-4-2/h5-11,16,19H,3-4H2,1-2H3. The molecular formula is C16H19FN2O. The Hall–Kier alpha value is -1.94.